The van der Waals surface area contributed by atoms with Crippen LogP contribution in [0.2, 0.25) is 0 Å². The Kier molecular flexibility index (Phi) is 6.92. The molecule has 0 spiro atoms. The third kappa shape index (κ3) is 5.04. The van der Waals surface area contributed by atoms with Crippen LogP contribution in [0.25, 0.3) is 11.1 Å². The zero-order valence-electron chi connectivity index (χ0n) is 17.9. The van der Waals surface area contributed by atoms with Crippen LogP contribution in [0.5, 0.6) is 17.2 Å². The molecule has 6 heteroatoms. The van der Waals surface area contributed by atoms with E-state index in [2.05, 4.69) is 0 Å². The van der Waals surface area contributed by atoms with Crippen molar-refractivity contribution in [1.82, 2.24) is 0 Å². The molecule has 3 aromatic carbocycles. The summed E-state index contributed by atoms with van der Waals surface area (Å²) in [5.41, 5.74) is 3.89. The summed E-state index contributed by atoms with van der Waals surface area (Å²) in [6.45, 7) is 1.62. The molecule has 0 saturated carbocycles. The van der Waals surface area contributed by atoms with Crippen LogP contribution < -0.4 is 14.2 Å². The van der Waals surface area contributed by atoms with Gasteiger partial charge in [-0.05, 0) is 42.3 Å². The number of benzene rings is 3. The Labute approximate surface area is 181 Å². The van der Waals surface area contributed by atoms with E-state index >= 15 is 0 Å². The predicted octanol–water partition coefficient (Wildman–Crippen LogP) is 4.73. The maximum Gasteiger partial charge on any atom is 0.338 e. The van der Waals surface area contributed by atoms with Gasteiger partial charge in [0.1, 0.15) is 0 Å². The standard InChI is InChI=1S/C25H24O6/c1-16-5-7-17(8-6-16)18-9-11-19(12-10-18)25(27)31-15-21(26)20-13-22(28-2)24(30-4)23(14-20)29-3/h5-14H,15H2,1-4H3. The fourth-order valence-electron chi connectivity index (χ4n) is 3.08. The molecular formula is C25H24O6. The molecule has 0 aliphatic rings. The fourth-order valence-corrected chi connectivity index (χ4v) is 3.08. The van der Waals surface area contributed by atoms with Crippen LogP contribution in [0.3, 0.4) is 0 Å². The quantitative estimate of drug-likeness (QED) is 0.388. The first-order valence-electron chi connectivity index (χ1n) is 9.64. The van der Waals surface area contributed by atoms with Gasteiger partial charge < -0.3 is 18.9 Å². The molecule has 6 nitrogen and oxygen atoms in total. The van der Waals surface area contributed by atoms with Gasteiger partial charge in [0.15, 0.2) is 18.1 Å². The number of hydrogen-bond acceptors (Lipinski definition) is 6. The van der Waals surface area contributed by atoms with Crippen LogP contribution in [0, 0.1) is 6.92 Å². The molecule has 0 aromatic heterocycles. The number of aryl methyl sites for hydroxylation is 1. The van der Waals surface area contributed by atoms with E-state index < -0.39 is 12.6 Å². The van der Waals surface area contributed by atoms with Crippen molar-refractivity contribution in [2.75, 3.05) is 27.9 Å². The minimum Gasteiger partial charge on any atom is -0.493 e. The molecule has 0 heterocycles. The number of methoxy groups -OCH3 is 3. The lowest BCUT2D eigenvalue weighted by Gasteiger charge is -2.13. The third-order valence-corrected chi connectivity index (χ3v) is 4.83. The molecule has 0 amide bonds. The van der Waals surface area contributed by atoms with Gasteiger partial charge in [0, 0.05) is 5.56 Å². The Hall–Kier alpha value is -3.80. The van der Waals surface area contributed by atoms with Gasteiger partial charge >= 0.3 is 5.97 Å². The largest absolute Gasteiger partial charge is 0.493 e. The van der Waals surface area contributed by atoms with Crippen LogP contribution in [0.1, 0.15) is 26.3 Å². The smallest absolute Gasteiger partial charge is 0.338 e. The maximum absolute atomic E-state index is 12.6. The third-order valence-electron chi connectivity index (χ3n) is 4.83. The van der Waals surface area contributed by atoms with Crippen molar-refractivity contribution >= 4 is 11.8 Å². The van der Waals surface area contributed by atoms with Gasteiger partial charge in [-0.25, -0.2) is 4.79 Å². The van der Waals surface area contributed by atoms with E-state index in [0.29, 0.717) is 22.8 Å². The first kappa shape index (κ1) is 21.9. The summed E-state index contributed by atoms with van der Waals surface area (Å²) in [6.07, 6.45) is 0. The van der Waals surface area contributed by atoms with Gasteiger partial charge in [-0.2, -0.15) is 0 Å². The molecule has 3 aromatic rings. The van der Waals surface area contributed by atoms with Crippen LogP contribution in [-0.4, -0.2) is 39.7 Å². The summed E-state index contributed by atoms with van der Waals surface area (Å²) in [4.78, 5) is 24.9. The Morgan fingerprint density at radius 3 is 1.71 bits per heavy atom. The summed E-state index contributed by atoms with van der Waals surface area (Å²) in [6, 6.07) is 18.2. The normalized spacial score (nSPS) is 10.3. The molecule has 31 heavy (non-hydrogen) atoms. The molecule has 0 bridgehead atoms. The van der Waals surface area contributed by atoms with Gasteiger partial charge in [0.05, 0.1) is 26.9 Å². The number of esters is 1. The molecule has 0 atom stereocenters. The average molecular weight is 420 g/mol. The monoisotopic (exact) mass is 420 g/mol. The molecule has 0 radical (unpaired) electrons. The number of Topliss-reactive ketones (excluding diaryl/α,β-unsaturated/α-hetero) is 1. The number of ether oxygens (including phenoxy) is 4. The summed E-state index contributed by atoms with van der Waals surface area (Å²) in [7, 11) is 4.41. The van der Waals surface area contributed by atoms with Crippen molar-refractivity contribution in [3.8, 4) is 28.4 Å². The van der Waals surface area contributed by atoms with E-state index in [-0.39, 0.29) is 11.3 Å². The van der Waals surface area contributed by atoms with Crippen molar-refractivity contribution in [3.05, 3.63) is 77.4 Å². The van der Waals surface area contributed by atoms with E-state index in [1.54, 1.807) is 12.1 Å². The number of hydrogen-bond donors (Lipinski definition) is 0. The van der Waals surface area contributed by atoms with Crippen LogP contribution in [0.15, 0.2) is 60.7 Å². The molecule has 0 fully saturated rings. The van der Waals surface area contributed by atoms with Gasteiger partial charge in [-0.1, -0.05) is 42.0 Å². The highest BCUT2D eigenvalue weighted by Gasteiger charge is 2.18. The zero-order valence-corrected chi connectivity index (χ0v) is 17.9. The summed E-state index contributed by atoms with van der Waals surface area (Å²) in [5.74, 6) is 0.124. The summed E-state index contributed by atoms with van der Waals surface area (Å²) in [5, 5.41) is 0. The number of ketones is 1. The Morgan fingerprint density at radius 2 is 1.23 bits per heavy atom. The second-order valence-corrected chi connectivity index (χ2v) is 6.86. The topological polar surface area (TPSA) is 71.1 Å². The molecule has 0 saturated heterocycles. The van der Waals surface area contributed by atoms with E-state index in [4.69, 9.17) is 18.9 Å². The molecule has 160 valence electrons. The Balaban J connectivity index is 1.68. The Bertz CT molecular complexity index is 1040. The molecule has 0 unspecified atom stereocenters. The second-order valence-electron chi connectivity index (χ2n) is 6.86. The average Bonchev–Trinajstić information content (AvgIpc) is 2.81. The number of rotatable bonds is 8. The van der Waals surface area contributed by atoms with Crippen molar-refractivity contribution in [1.29, 1.82) is 0 Å². The Morgan fingerprint density at radius 1 is 0.710 bits per heavy atom. The van der Waals surface area contributed by atoms with E-state index in [1.165, 1.54) is 39.0 Å². The second kappa shape index (κ2) is 9.80. The molecule has 0 aliphatic heterocycles. The molecular weight excluding hydrogens is 396 g/mol. The first-order valence-corrected chi connectivity index (χ1v) is 9.64. The highest BCUT2D eigenvalue weighted by atomic mass is 16.5. The lowest BCUT2D eigenvalue weighted by atomic mass is 10.0. The van der Waals surface area contributed by atoms with Crippen LogP contribution >= 0.6 is 0 Å². The van der Waals surface area contributed by atoms with Crippen LogP contribution in [0.4, 0.5) is 0 Å². The SMILES string of the molecule is COc1cc(C(=O)COC(=O)c2ccc(-c3ccc(C)cc3)cc2)cc(OC)c1OC. The van der Waals surface area contributed by atoms with Gasteiger partial charge in [0.25, 0.3) is 0 Å². The van der Waals surface area contributed by atoms with Crippen molar-refractivity contribution in [3.63, 3.8) is 0 Å². The van der Waals surface area contributed by atoms with Gasteiger partial charge in [0.2, 0.25) is 11.5 Å². The molecule has 0 aliphatic carbocycles. The minimum atomic E-state index is -0.573. The lowest BCUT2D eigenvalue weighted by molar-refractivity contribution is 0.0474. The van der Waals surface area contributed by atoms with Crippen molar-refractivity contribution in [2.24, 2.45) is 0 Å². The van der Waals surface area contributed by atoms with E-state index in [0.717, 1.165) is 11.1 Å². The van der Waals surface area contributed by atoms with Crippen molar-refractivity contribution < 1.29 is 28.5 Å². The minimum absolute atomic E-state index is 0.289. The summed E-state index contributed by atoms with van der Waals surface area (Å²) >= 11 is 0. The number of carbonyl (C=O) groups is 2. The van der Waals surface area contributed by atoms with Gasteiger partial charge in [-0.3, -0.25) is 4.79 Å². The predicted molar refractivity (Wildman–Crippen MR) is 117 cm³/mol. The number of carbonyl (C=O) groups excluding carboxylic acids is 2. The highest BCUT2D eigenvalue weighted by Crippen LogP contribution is 2.38. The van der Waals surface area contributed by atoms with E-state index in [9.17, 15) is 9.59 Å². The molecule has 0 N–H and O–H groups in total. The fraction of sp³-hybridized carbons (Fsp3) is 0.200. The lowest BCUT2D eigenvalue weighted by Crippen LogP contribution is -2.14. The van der Waals surface area contributed by atoms with Crippen LogP contribution in [-0.2, 0) is 4.74 Å². The molecule has 3 rings (SSSR count). The maximum atomic E-state index is 12.6. The van der Waals surface area contributed by atoms with Crippen molar-refractivity contribution in [2.45, 2.75) is 6.92 Å². The van der Waals surface area contributed by atoms with Gasteiger partial charge in [-0.15, -0.1) is 0 Å². The summed E-state index contributed by atoms with van der Waals surface area (Å²) < 4.78 is 21.0. The van der Waals surface area contributed by atoms with E-state index in [1.807, 2.05) is 43.3 Å². The highest BCUT2D eigenvalue weighted by molar-refractivity contribution is 6.00. The zero-order chi connectivity index (χ0) is 22.4. The first-order chi connectivity index (χ1) is 15.0.